The van der Waals surface area contributed by atoms with E-state index >= 15 is 0 Å². The maximum Gasteiger partial charge on any atom is 0.276 e. The van der Waals surface area contributed by atoms with E-state index in [-0.39, 0.29) is 17.9 Å². The Hall–Kier alpha value is -1.70. The highest BCUT2D eigenvalue weighted by Crippen LogP contribution is 2.22. The van der Waals surface area contributed by atoms with Crippen LogP contribution in [-0.4, -0.2) is 4.92 Å². The number of nitro groups is 1. The molecule has 0 aliphatic heterocycles. The van der Waals surface area contributed by atoms with Crippen LogP contribution in [0.2, 0.25) is 0 Å². The second-order valence-corrected chi connectivity index (χ2v) is 5.02. The van der Waals surface area contributed by atoms with Crippen LogP contribution in [0, 0.1) is 19.5 Å². The van der Waals surface area contributed by atoms with Crippen LogP contribution in [0.4, 0.5) is 10.1 Å². The van der Waals surface area contributed by atoms with Crippen LogP contribution in [-0.2, 0) is 6.61 Å². The monoisotopic (exact) mass is 373 g/mol. The van der Waals surface area contributed by atoms with E-state index < -0.39 is 10.7 Å². The highest BCUT2D eigenvalue weighted by atomic mass is 127. The molecule has 2 rings (SSSR count). The second kappa shape index (κ2) is 5.96. The standard InChI is InChI=1S/C13H9FINO3/c14-10-4-5-13(16(17)18)9(6-10)8-19-12-3-1-2-11(15)7-12/h1-7H,8H2. The van der Waals surface area contributed by atoms with Crippen molar-refractivity contribution < 1.29 is 14.1 Å². The molecule has 0 fully saturated rings. The van der Waals surface area contributed by atoms with Crippen LogP contribution >= 0.6 is 22.6 Å². The van der Waals surface area contributed by atoms with E-state index in [0.29, 0.717) is 5.75 Å². The minimum absolute atomic E-state index is 0.0475. The molecule has 0 unspecified atom stereocenters. The molecule has 0 aliphatic carbocycles. The third-order valence-corrected chi connectivity index (χ3v) is 3.10. The van der Waals surface area contributed by atoms with Crippen molar-refractivity contribution in [3.8, 4) is 5.75 Å². The van der Waals surface area contributed by atoms with Crippen LogP contribution in [0.15, 0.2) is 42.5 Å². The predicted molar refractivity (Wildman–Crippen MR) is 76.5 cm³/mol. The number of nitro benzene ring substituents is 1. The van der Waals surface area contributed by atoms with Crippen molar-refractivity contribution in [2.75, 3.05) is 0 Å². The molecule has 0 amide bonds. The van der Waals surface area contributed by atoms with Crippen LogP contribution in [0.25, 0.3) is 0 Å². The SMILES string of the molecule is O=[N+]([O-])c1ccc(F)cc1COc1cccc(I)c1. The highest BCUT2D eigenvalue weighted by Gasteiger charge is 2.14. The number of benzene rings is 2. The maximum atomic E-state index is 13.1. The number of rotatable bonds is 4. The lowest BCUT2D eigenvalue weighted by atomic mass is 10.2. The van der Waals surface area contributed by atoms with Crippen LogP contribution in [0.1, 0.15) is 5.56 Å². The number of hydrogen-bond donors (Lipinski definition) is 0. The second-order valence-electron chi connectivity index (χ2n) is 3.78. The number of halogens is 2. The smallest absolute Gasteiger partial charge is 0.276 e. The molecule has 19 heavy (non-hydrogen) atoms. The summed E-state index contributed by atoms with van der Waals surface area (Å²) in [5, 5.41) is 10.8. The van der Waals surface area contributed by atoms with Crippen molar-refractivity contribution in [2.45, 2.75) is 6.61 Å². The van der Waals surface area contributed by atoms with Gasteiger partial charge in [0.15, 0.2) is 0 Å². The molecule has 0 aromatic heterocycles. The minimum atomic E-state index is -0.549. The number of nitrogens with zero attached hydrogens (tertiary/aromatic N) is 1. The zero-order chi connectivity index (χ0) is 13.8. The van der Waals surface area contributed by atoms with E-state index in [2.05, 4.69) is 22.6 Å². The first-order valence-electron chi connectivity index (χ1n) is 5.37. The Labute approximate surface area is 122 Å². The van der Waals surface area contributed by atoms with Gasteiger partial charge in [-0.15, -0.1) is 0 Å². The number of hydrogen-bond acceptors (Lipinski definition) is 3. The van der Waals surface area contributed by atoms with Gasteiger partial charge in [0.05, 0.1) is 10.5 Å². The first-order valence-corrected chi connectivity index (χ1v) is 6.45. The van der Waals surface area contributed by atoms with Gasteiger partial charge in [-0.3, -0.25) is 10.1 Å². The molecule has 0 bridgehead atoms. The third kappa shape index (κ3) is 3.63. The Morgan fingerprint density at radius 3 is 2.74 bits per heavy atom. The zero-order valence-corrected chi connectivity index (χ0v) is 11.8. The third-order valence-electron chi connectivity index (χ3n) is 2.43. The molecule has 4 nitrogen and oxygen atoms in total. The molecular formula is C13H9FINO3. The first kappa shape index (κ1) is 13.7. The fraction of sp³-hybridized carbons (Fsp3) is 0.0769. The fourth-order valence-electron chi connectivity index (χ4n) is 1.57. The molecule has 98 valence electrons. The van der Waals surface area contributed by atoms with Gasteiger partial charge in [0.2, 0.25) is 0 Å². The molecule has 6 heteroatoms. The van der Waals surface area contributed by atoms with E-state index in [1.807, 2.05) is 12.1 Å². The summed E-state index contributed by atoms with van der Waals surface area (Å²) in [5.74, 6) is 0.0669. The average molecular weight is 373 g/mol. The fourth-order valence-corrected chi connectivity index (χ4v) is 2.08. The molecule has 0 saturated heterocycles. The summed E-state index contributed by atoms with van der Waals surface area (Å²) in [6.45, 7) is -0.0475. The van der Waals surface area contributed by atoms with Gasteiger partial charge < -0.3 is 4.74 Å². The summed E-state index contributed by atoms with van der Waals surface area (Å²) in [4.78, 5) is 10.3. The molecular weight excluding hydrogens is 364 g/mol. The summed E-state index contributed by atoms with van der Waals surface area (Å²) < 4.78 is 19.6. The first-order chi connectivity index (χ1) is 9.06. The molecule has 2 aromatic carbocycles. The van der Waals surface area contributed by atoms with Gasteiger partial charge in [0.25, 0.3) is 5.69 Å². The molecule has 0 atom stereocenters. The van der Waals surface area contributed by atoms with E-state index in [0.717, 1.165) is 21.8 Å². The van der Waals surface area contributed by atoms with Gasteiger partial charge in [-0.1, -0.05) is 6.07 Å². The van der Waals surface area contributed by atoms with E-state index in [9.17, 15) is 14.5 Å². The normalized spacial score (nSPS) is 10.2. The quantitative estimate of drug-likeness (QED) is 0.464. The summed E-state index contributed by atoms with van der Waals surface area (Å²) in [6, 6.07) is 10.6. The Kier molecular flexibility index (Phi) is 4.31. The largest absolute Gasteiger partial charge is 0.489 e. The highest BCUT2D eigenvalue weighted by molar-refractivity contribution is 14.1. The molecule has 0 radical (unpaired) electrons. The van der Waals surface area contributed by atoms with Crippen molar-refractivity contribution >= 4 is 28.3 Å². The minimum Gasteiger partial charge on any atom is -0.489 e. The summed E-state index contributed by atoms with van der Waals surface area (Å²) in [6.07, 6.45) is 0. The molecule has 2 aromatic rings. The van der Waals surface area contributed by atoms with Gasteiger partial charge >= 0.3 is 0 Å². The molecule has 0 saturated carbocycles. The van der Waals surface area contributed by atoms with Gasteiger partial charge in [-0.25, -0.2) is 4.39 Å². The maximum absolute atomic E-state index is 13.1. The summed E-state index contributed by atoms with van der Waals surface area (Å²) >= 11 is 2.13. The van der Waals surface area contributed by atoms with Gasteiger partial charge in [0.1, 0.15) is 18.2 Å². The van der Waals surface area contributed by atoms with E-state index in [1.165, 1.54) is 0 Å². The molecule has 0 spiro atoms. The Morgan fingerprint density at radius 1 is 1.26 bits per heavy atom. The van der Waals surface area contributed by atoms with Crippen molar-refractivity contribution in [1.82, 2.24) is 0 Å². The molecule has 0 heterocycles. The van der Waals surface area contributed by atoms with Crippen molar-refractivity contribution in [3.05, 3.63) is 67.5 Å². The Bertz CT molecular complexity index is 619. The molecule has 0 aliphatic rings. The Balaban J connectivity index is 2.19. The zero-order valence-electron chi connectivity index (χ0n) is 9.68. The Morgan fingerprint density at radius 2 is 2.05 bits per heavy atom. The van der Waals surface area contributed by atoms with Gasteiger partial charge in [0, 0.05) is 9.64 Å². The van der Waals surface area contributed by atoms with Crippen LogP contribution in [0.3, 0.4) is 0 Å². The lowest BCUT2D eigenvalue weighted by molar-refractivity contribution is -0.385. The van der Waals surface area contributed by atoms with Crippen molar-refractivity contribution in [1.29, 1.82) is 0 Å². The average Bonchev–Trinajstić information content (AvgIpc) is 2.36. The van der Waals surface area contributed by atoms with E-state index in [1.54, 1.807) is 12.1 Å². The number of ether oxygens (including phenoxy) is 1. The van der Waals surface area contributed by atoms with Crippen molar-refractivity contribution in [3.63, 3.8) is 0 Å². The summed E-state index contributed by atoms with van der Waals surface area (Å²) in [5.41, 5.74) is 0.0656. The lowest BCUT2D eigenvalue weighted by Gasteiger charge is -2.07. The predicted octanol–water partition coefficient (Wildman–Crippen LogP) is 3.92. The summed E-state index contributed by atoms with van der Waals surface area (Å²) in [7, 11) is 0. The van der Waals surface area contributed by atoms with Gasteiger partial charge in [-0.2, -0.15) is 0 Å². The van der Waals surface area contributed by atoms with E-state index in [4.69, 9.17) is 4.74 Å². The van der Waals surface area contributed by atoms with Gasteiger partial charge in [-0.05, 0) is 52.9 Å². The van der Waals surface area contributed by atoms with Crippen LogP contribution < -0.4 is 4.74 Å². The lowest BCUT2D eigenvalue weighted by Crippen LogP contribution is -2.01. The van der Waals surface area contributed by atoms with Crippen LogP contribution in [0.5, 0.6) is 5.75 Å². The molecule has 0 N–H and O–H groups in total. The topological polar surface area (TPSA) is 52.4 Å². The van der Waals surface area contributed by atoms with Crippen molar-refractivity contribution in [2.24, 2.45) is 0 Å².